The number of rotatable bonds is 2. The molecule has 0 aliphatic rings. The highest BCUT2D eigenvalue weighted by Crippen LogP contribution is 2.38. The van der Waals surface area contributed by atoms with E-state index < -0.39 is 29.4 Å². The van der Waals surface area contributed by atoms with Crippen LogP contribution in [0.2, 0.25) is 0 Å². The minimum atomic E-state index is -4.50. The van der Waals surface area contributed by atoms with Crippen LogP contribution in [-0.4, -0.2) is 0 Å². The molecule has 0 nitrogen and oxygen atoms in total. The third kappa shape index (κ3) is 3.86. The van der Waals surface area contributed by atoms with E-state index in [9.17, 15) is 26.3 Å². The van der Waals surface area contributed by atoms with E-state index in [1.165, 1.54) is 24.3 Å². The molecule has 0 radical (unpaired) electrons. The molecule has 0 saturated carbocycles. The Morgan fingerprint density at radius 1 is 0.739 bits per heavy atom. The molecule has 0 aromatic heterocycles. The zero-order valence-electron chi connectivity index (χ0n) is 12.4. The normalized spacial score (nSPS) is 12.7. The molecule has 0 spiro atoms. The summed E-state index contributed by atoms with van der Waals surface area (Å²) in [6, 6.07) is 7.98. The highest BCUT2D eigenvalue weighted by atomic mass is 19.4. The van der Waals surface area contributed by atoms with Gasteiger partial charge in [0.1, 0.15) is 0 Å². The van der Waals surface area contributed by atoms with Crippen LogP contribution in [0.4, 0.5) is 26.3 Å². The molecule has 2 rings (SSSR count). The maximum absolute atomic E-state index is 13.0. The maximum atomic E-state index is 13.0. The van der Waals surface area contributed by atoms with Crippen LogP contribution < -0.4 is 0 Å². The summed E-state index contributed by atoms with van der Waals surface area (Å²) >= 11 is 0. The van der Waals surface area contributed by atoms with Gasteiger partial charge in [-0.05, 0) is 40.8 Å². The quantitative estimate of drug-likeness (QED) is 0.550. The van der Waals surface area contributed by atoms with Crippen molar-refractivity contribution in [1.29, 1.82) is 0 Å². The van der Waals surface area contributed by atoms with Crippen LogP contribution >= 0.6 is 0 Å². The highest BCUT2D eigenvalue weighted by Gasteiger charge is 2.34. The van der Waals surface area contributed by atoms with Crippen molar-refractivity contribution in [2.24, 2.45) is 0 Å². The zero-order chi connectivity index (χ0) is 17.4. The van der Waals surface area contributed by atoms with Crippen LogP contribution in [0, 0.1) is 0 Å². The second kappa shape index (κ2) is 5.91. The monoisotopic (exact) mass is 332 g/mol. The van der Waals surface area contributed by atoms with Crippen LogP contribution in [0.5, 0.6) is 0 Å². The summed E-state index contributed by atoms with van der Waals surface area (Å²) in [4.78, 5) is 0. The summed E-state index contributed by atoms with van der Waals surface area (Å²) in [5, 5.41) is 0. The van der Waals surface area contributed by atoms with Gasteiger partial charge in [-0.15, -0.1) is 0 Å². The van der Waals surface area contributed by atoms with Crippen molar-refractivity contribution >= 4 is 0 Å². The molecule has 0 amide bonds. The Bertz CT molecular complexity index is 695. The first-order valence-corrected chi connectivity index (χ1v) is 6.89. The average Bonchev–Trinajstić information content (AvgIpc) is 2.45. The van der Waals surface area contributed by atoms with Gasteiger partial charge in [-0.2, -0.15) is 26.3 Å². The van der Waals surface area contributed by atoms with Crippen molar-refractivity contribution < 1.29 is 26.3 Å². The Morgan fingerprint density at radius 2 is 1.35 bits per heavy atom. The van der Waals surface area contributed by atoms with Crippen molar-refractivity contribution in [3.05, 3.63) is 59.2 Å². The minimum absolute atomic E-state index is 0.0624. The lowest BCUT2D eigenvalue weighted by Gasteiger charge is -2.17. The minimum Gasteiger partial charge on any atom is -0.166 e. The first-order valence-electron chi connectivity index (χ1n) is 6.89. The number of hydrogen-bond donors (Lipinski definition) is 0. The van der Waals surface area contributed by atoms with E-state index >= 15 is 0 Å². The van der Waals surface area contributed by atoms with E-state index in [2.05, 4.69) is 0 Å². The molecule has 0 atom stereocenters. The van der Waals surface area contributed by atoms with Gasteiger partial charge in [-0.1, -0.05) is 38.1 Å². The highest BCUT2D eigenvalue weighted by molar-refractivity contribution is 5.66. The zero-order valence-corrected chi connectivity index (χ0v) is 12.4. The summed E-state index contributed by atoms with van der Waals surface area (Å²) in [6.07, 6.45) is -8.99. The van der Waals surface area contributed by atoms with Gasteiger partial charge in [0.15, 0.2) is 0 Å². The lowest BCUT2D eigenvalue weighted by Crippen LogP contribution is -2.10. The first kappa shape index (κ1) is 17.4. The SMILES string of the molecule is CC(C)c1cc(-c2cccc(C(F)(F)F)c2)ccc1C(F)(F)F. The lowest BCUT2D eigenvalue weighted by atomic mass is 9.92. The van der Waals surface area contributed by atoms with E-state index in [4.69, 9.17) is 0 Å². The summed E-state index contributed by atoms with van der Waals surface area (Å²) in [5.74, 6) is -0.405. The Balaban J connectivity index is 2.56. The smallest absolute Gasteiger partial charge is 0.166 e. The van der Waals surface area contributed by atoms with E-state index in [1.807, 2.05) is 0 Å². The molecule has 2 aromatic carbocycles. The standard InChI is InChI=1S/C17H14F6/c1-10(2)14-9-12(6-7-15(14)17(21,22)23)11-4-3-5-13(8-11)16(18,19)20/h3-10H,1-2H3. The van der Waals surface area contributed by atoms with Crippen molar-refractivity contribution in [2.45, 2.75) is 32.1 Å². The van der Waals surface area contributed by atoms with E-state index in [0.717, 1.165) is 18.2 Å². The Labute approximate surface area is 129 Å². The summed E-state index contributed by atoms with van der Waals surface area (Å²) < 4.78 is 77.3. The number of hydrogen-bond acceptors (Lipinski definition) is 0. The maximum Gasteiger partial charge on any atom is 0.416 e. The molecule has 0 aliphatic heterocycles. The summed E-state index contributed by atoms with van der Waals surface area (Å²) in [5.41, 5.74) is -0.972. The van der Waals surface area contributed by atoms with Crippen LogP contribution in [-0.2, 0) is 12.4 Å². The van der Waals surface area contributed by atoms with Gasteiger partial charge in [0, 0.05) is 0 Å². The fourth-order valence-corrected chi connectivity index (χ4v) is 2.35. The Hall–Kier alpha value is -1.98. The molecule has 0 saturated heterocycles. The predicted octanol–water partition coefficient (Wildman–Crippen LogP) is 6.51. The van der Waals surface area contributed by atoms with Gasteiger partial charge in [0.05, 0.1) is 11.1 Å². The summed E-state index contributed by atoms with van der Waals surface area (Å²) in [7, 11) is 0. The fourth-order valence-electron chi connectivity index (χ4n) is 2.35. The first-order chi connectivity index (χ1) is 10.5. The van der Waals surface area contributed by atoms with Crippen molar-refractivity contribution in [3.8, 4) is 11.1 Å². The van der Waals surface area contributed by atoms with Crippen molar-refractivity contribution in [2.75, 3.05) is 0 Å². The Morgan fingerprint density at radius 3 is 1.87 bits per heavy atom. The molecule has 124 valence electrons. The molecule has 23 heavy (non-hydrogen) atoms. The number of alkyl halides is 6. The van der Waals surface area contributed by atoms with Gasteiger partial charge in [-0.25, -0.2) is 0 Å². The van der Waals surface area contributed by atoms with Crippen LogP contribution in [0.3, 0.4) is 0 Å². The lowest BCUT2D eigenvalue weighted by molar-refractivity contribution is -0.138. The van der Waals surface area contributed by atoms with Crippen molar-refractivity contribution in [3.63, 3.8) is 0 Å². The van der Waals surface area contributed by atoms with Gasteiger partial charge in [0.25, 0.3) is 0 Å². The molecular formula is C17H14F6. The van der Waals surface area contributed by atoms with Crippen molar-refractivity contribution in [1.82, 2.24) is 0 Å². The van der Waals surface area contributed by atoms with E-state index in [-0.39, 0.29) is 11.1 Å². The molecule has 0 N–H and O–H groups in total. The molecule has 2 aromatic rings. The van der Waals surface area contributed by atoms with Gasteiger partial charge in [0.2, 0.25) is 0 Å². The largest absolute Gasteiger partial charge is 0.416 e. The second-order valence-corrected chi connectivity index (χ2v) is 5.53. The topological polar surface area (TPSA) is 0 Å². The number of halogens is 6. The van der Waals surface area contributed by atoms with E-state index in [1.54, 1.807) is 13.8 Å². The second-order valence-electron chi connectivity index (χ2n) is 5.53. The fraction of sp³-hybridized carbons (Fsp3) is 0.294. The molecule has 0 aliphatic carbocycles. The predicted molar refractivity (Wildman–Crippen MR) is 76.0 cm³/mol. The van der Waals surface area contributed by atoms with Crippen LogP contribution in [0.25, 0.3) is 11.1 Å². The molecule has 0 bridgehead atoms. The third-order valence-electron chi connectivity index (χ3n) is 3.50. The van der Waals surface area contributed by atoms with Crippen LogP contribution in [0.1, 0.15) is 36.5 Å². The third-order valence-corrected chi connectivity index (χ3v) is 3.50. The molecular weight excluding hydrogens is 318 g/mol. The van der Waals surface area contributed by atoms with Crippen LogP contribution in [0.15, 0.2) is 42.5 Å². The van der Waals surface area contributed by atoms with Gasteiger partial charge >= 0.3 is 12.4 Å². The molecule has 0 heterocycles. The molecule has 0 unspecified atom stereocenters. The summed E-state index contributed by atoms with van der Waals surface area (Å²) in [6.45, 7) is 3.22. The number of benzene rings is 2. The molecule has 6 heteroatoms. The van der Waals surface area contributed by atoms with Gasteiger partial charge in [-0.3, -0.25) is 0 Å². The van der Waals surface area contributed by atoms with E-state index in [0.29, 0.717) is 5.56 Å². The van der Waals surface area contributed by atoms with Gasteiger partial charge < -0.3 is 0 Å². The Kier molecular flexibility index (Phi) is 4.46. The average molecular weight is 332 g/mol. The molecule has 0 fully saturated rings.